The minimum Gasteiger partial charge on any atom is -0.380 e. The van der Waals surface area contributed by atoms with E-state index in [0.29, 0.717) is 23.0 Å². The molecule has 0 radical (unpaired) electrons. The van der Waals surface area contributed by atoms with Crippen molar-refractivity contribution in [2.24, 2.45) is 5.73 Å². The van der Waals surface area contributed by atoms with Gasteiger partial charge < -0.3 is 10.8 Å². The Morgan fingerprint density at radius 2 is 1.04 bits per heavy atom. The number of rotatable bonds is 5. The Bertz CT molecular complexity index is 829. The highest BCUT2D eigenvalue weighted by Crippen LogP contribution is 2.34. The van der Waals surface area contributed by atoms with E-state index in [9.17, 15) is 5.11 Å². The Kier molecular flexibility index (Phi) is 5.45. The summed E-state index contributed by atoms with van der Waals surface area (Å²) in [4.78, 5) is 0. The molecule has 128 valence electrons. The van der Waals surface area contributed by atoms with Crippen molar-refractivity contribution < 1.29 is 5.11 Å². The van der Waals surface area contributed by atoms with E-state index in [2.05, 4.69) is 0 Å². The number of hydrogen-bond donors (Lipinski definition) is 2. The molecule has 0 aliphatic carbocycles. The lowest BCUT2D eigenvalue weighted by molar-refractivity contribution is 0.0737. The van der Waals surface area contributed by atoms with E-state index < -0.39 is 5.60 Å². The van der Waals surface area contributed by atoms with Gasteiger partial charge >= 0.3 is 0 Å². The quantitative estimate of drug-likeness (QED) is 0.643. The van der Waals surface area contributed by atoms with Gasteiger partial charge in [0.1, 0.15) is 5.60 Å². The predicted octanol–water partition coefficient (Wildman–Crippen LogP) is 5.25. The van der Waals surface area contributed by atoms with E-state index in [1.807, 2.05) is 60.7 Å². The van der Waals surface area contributed by atoms with Gasteiger partial charge in [-0.25, -0.2) is 0 Å². The number of halogens is 2. The van der Waals surface area contributed by atoms with Crippen molar-refractivity contribution in [2.75, 3.05) is 6.54 Å². The summed E-state index contributed by atoms with van der Waals surface area (Å²) in [6.45, 7) is 0.373. The van der Waals surface area contributed by atoms with Crippen LogP contribution in [0.4, 0.5) is 0 Å². The molecule has 4 heteroatoms. The maximum Gasteiger partial charge on any atom is 0.116 e. The van der Waals surface area contributed by atoms with Gasteiger partial charge in [0.2, 0.25) is 0 Å². The third-order valence-electron chi connectivity index (χ3n) is 4.37. The molecule has 0 aromatic heterocycles. The van der Waals surface area contributed by atoms with Crippen molar-refractivity contribution >= 4 is 23.2 Å². The van der Waals surface area contributed by atoms with Crippen molar-refractivity contribution in [1.29, 1.82) is 0 Å². The van der Waals surface area contributed by atoms with Gasteiger partial charge in [-0.05, 0) is 59.5 Å². The van der Waals surface area contributed by atoms with E-state index >= 15 is 0 Å². The molecule has 0 saturated heterocycles. The zero-order chi connectivity index (χ0) is 17.9. The van der Waals surface area contributed by atoms with Crippen LogP contribution in [0.25, 0.3) is 11.1 Å². The lowest BCUT2D eigenvalue weighted by Gasteiger charge is -2.29. The molecule has 2 nitrogen and oxygen atoms in total. The number of aliphatic hydroxyl groups is 1. The summed E-state index contributed by atoms with van der Waals surface area (Å²) in [5.74, 6) is 0. The Morgan fingerprint density at radius 1 is 0.680 bits per heavy atom. The molecule has 3 N–H and O–H groups in total. The summed E-state index contributed by atoms with van der Waals surface area (Å²) >= 11 is 11.9. The molecular formula is C21H19Cl2NO. The fourth-order valence-electron chi connectivity index (χ4n) is 2.97. The highest BCUT2D eigenvalue weighted by atomic mass is 35.5. The number of nitrogens with two attached hydrogens (primary N) is 1. The SMILES string of the molecule is NCCC(O)(c1ccc(Cl)cc1)c1ccc(-c2ccc(Cl)cc2)cc1. The van der Waals surface area contributed by atoms with E-state index in [-0.39, 0.29) is 0 Å². The zero-order valence-electron chi connectivity index (χ0n) is 13.6. The van der Waals surface area contributed by atoms with E-state index in [1.54, 1.807) is 12.1 Å². The smallest absolute Gasteiger partial charge is 0.116 e. The van der Waals surface area contributed by atoms with Gasteiger partial charge in [0, 0.05) is 10.0 Å². The molecule has 0 fully saturated rings. The Balaban J connectivity index is 1.97. The van der Waals surface area contributed by atoms with Crippen LogP contribution in [-0.2, 0) is 5.60 Å². The minimum absolute atomic E-state index is 0.373. The average molecular weight is 372 g/mol. The van der Waals surface area contributed by atoms with Crippen molar-refractivity contribution in [3.8, 4) is 11.1 Å². The first-order valence-electron chi connectivity index (χ1n) is 8.08. The van der Waals surface area contributed by atoms with Gasteiger partial charge in [0.25, 0.3) is 0 Å². The van der Waals surface area contributed by atoms with Crippen molar-refractivity contribution in [1.82, 2.24) is 0 Å². The molecule has 0 heterocycles. The molecule has 1 unspecified atom stereocenters. The van der Waals surface area contributed by atoms with Crippen LogP contribution in [0.5, 0.6) is 0 Å². The van der Waals surface area contributed by atoms with Crippen LogP contribution in [0.2, 0.25) is 10.0 Å². The Labute approximate surface area is 157 Å². The van der Waals surface area contributed by atoms with Crippen LogP contribution < -0.4 is 5.73 Å². The second-order valence-electron chi connectivity index (χ2n) is 5.99. The van der Waals surface area contributed by atoms with Crippen molar-refractivity contribution in [3.63, 3.8) is 0 Å². The van der Waals surface area contributed by atoms with Crippen LogP contribution in [-0.4, -0.2) is 11.7 Å². The average Bonchev–Trinajstić information content (AvgIpc) is 2.63. The first-order chi connectivity index (χ1) is 12.0. The van der Waals surface area contributed by atoms with Crippen molar-refractivity contribution in [2.45, 2.75) is 12.0 Å². The van der Waals surface area contributed by atoms with Crippen LogP contribution in [0.15, 0.2) is 72.8 Å². The molecule has 0 aliphatic rings. The molecule has 0 saturated carbocycles. The van der Waals surface area contributed by atoms with Crippen LogP contribution in [0, 0.1) is 0 Å². The van der Waals surface area contributed by atoms with E-state index in [1.165, 1.54) is 0 Å². The number of hydrogen-bond acceptors (Lipinski definition) is 2. The van der Waals surface area contributed by atoms with Gasteiger partial charge in [-0.1, -0.05) is 71.7 Å². The van der Waals surface area contributed by atoms with Crippen molar-refractivity contribution in [3.05, 3.63) is 94.0 Å². The molecule has 0 spiro atoms. The number of benzene rings is 3. The van der Waals surface area contributed by atoms with Gasteiger partial charge in [0.15, 0.2) is 0 Å². The highest BCUT2D eigenvalue weighted by Gasteiger charge is 2.30. The summed E-state index contributed by atoms with van der Waals surface area (Å²) in [6, 6.07) is 22.8. The fourth-order valence-corrected chi connectivity index (χ4v) is 3.22. The summed E-state index contributed by atoms with van der Waals surface area (Å²) in [6.07, 6.45) is 0.426. The van der Waals surface area contributed by atoms with Crippen LogP contribution in [0.1, 0.15) is 17.5 Å². The highest BCUT2D eigenvalue weighted by molar-refractivity contribution is 6.30. The standard InChI is InChI=1S/C21H19Cl2NO/c22-19-9-3-16(4-10-19)15-1-5-17(6-2-15)21(25,13-14-24)18-7-11-20(23)12-8-18/h1-12,25H,13-14,24H2. The third kappa shape index (κ3) is 3.88. The molecule has 25 heavy (non-hydrogen) atoms. The molecule has 1 atom stereocenters. The predicted molar refractivity (Wildman–Crippen MR) is 105 cm³/mol. The summed E-state index contributed by atoms with van der Waals surface area (Å²) < 4.78 is 0. The molecule has 0 amide bonds. The Morgan fingerprint density at radius 3 is 1.48 bits per heavy atom. The molecule has 3 rings (SSSR count). The molecule has 3 aromatic carbocycles. The molecule has 0 aliphatic heterocycles. The van der Waals surface area contributed by atoms with Gasteiger partial charge in [-0.15, -0.1) is 0 Å². The summed E-state index contributed by atoms with van der Waals surface area (Å²) in [5.41, 5.74) is 8.33. The molecular weight excluding hydrogens is 353 g/mol. The van der Waals surface area contributed by atoms with E-state index in [4.69, 9.17) is 28.9 Å². The first kappa shape index (κ1) is 18.0. The maximum atomic E-state index is 11.3. The minimum atomic E-state index is -1.14. The van der Waals surface area contributed by atoms with Crippen LogP contribution >= 0.6 is 23.2 Å². The normalized spacial score (nSPS) is 13.4. The largest absolute Gasteiger partial charge is 0.380 e. The maximum absolute atomic E-state index is 11.3. The van der Waals surface area contributed by atoms with Gasteiger partial charge in [-0.2, -0.15) is 0 Å². The first-order valence-corrected chi connectivity index (χ1v) is 8.83. The summed E-state index contributed by atoms with van der Waals surface area (Å²) in [5, 5.41) is 12.6. The Hall–Kier alpha value is -1.84. The monoisotopic (exact) mass is 371 g/mol. The summed E-state index contributed by atoms with van der Waals surface area (Å²) in [7, 11) is 0. The second kappa shape index (κ2) is 7.59. The molecule has 3 aromatic rings. The van der Waals surface area contributed by atoms with Gasteiger partial charge in [-0.3, -0.25) is 0 Å². The van der Waals surface area contributed by atoms with Crippen LogP contribution in [0.3, 0.4) is 0 Å². The zero-order valence-corrected chi connectivity index (χ0v) is 15.1. The topological polar surface area (TPSA) is 46.2 Å². The molecule has 0 bridgehead atoms. The third-order valence-corrected chi connectivity index (χ3v) is 4.87. The lowest BCUT2D eigenvalue weighted by Crippen LogP contribution is -2.30. The lowest BCUT2D eigenvalue weighted by atomic mass is 9.83. The second-order valence-corrected chi connectivity index (χ2v) is 6.86. The van der Waals surface area contributed by atoms with E-state index in [0.717, 1.165) is 22.3 Å². The van der Waals surface area contributed by atoms with Gasteiger partial charge in [0.05, 0.1) is 0 Å². The fraction of sp³-hybridized carbons (Fsp3) is 0.143.